The molecule has 2 aliphatic rings. The standard InChI is InChI=1S/C22H28N4O4/c1-22(2,3)30-21(29)25-14-12-24(13-15-25)10-5-7-17-6-4-8-18(16-17)26-11-9-19(27)23-20(26)28/h4,6,8,16H,9-15H2,1-3H3,(H,23,27,28). The van der Waals surface area contributed by atoms with Crippen molar-refractivity contribution < 1.29 is 19.1 Å². The zero-order valence-electron chi connectivity index (χ0n) is 17.7. The fraction of sp³-hybridized carbons (Fsp3) is 0.500. The van der Waals surface area contributed by atoms with Crippen LogP contribution >= 0.6 is 0 Å². The van der Waals surface area contributed by atoms with E-state index in [-0.39, 0.29) is 18.4 Å². The van der Waals surface area contributed by atoms with Crippen LogP contribution in [-0.4, -0.2) is 72.7 Å². The molecule has 2 fully saturated rings. The lowest BCUT2D eigenvalue weighted by Gasteiger charge is -2.34. The lowest BCUT2D eigenvalue weighted by molar-refractivity contribution is -0.120. The number of piperazine rings is 1. The highest BCUT2D eigenvalue weighted by Gasteiger charge is 2.26. The molecule has 0 saturated carbocycles. The highest BCUT2D eigenvalue weighted by atomic mass is 16.6. The van der Waals surface area contributed by atoms with Crippen LogP contribution in [0.5, 0.6) is 0 Å². The summed E-state index contributed by atoms with van der Waals surface area (Å²) in [4.78, 5) is 40.9. The van der Waals surface area contributed by atoms with Gasteiger partial charge in [-0.1, -0.05) is 17.9 Å². The minimum absolute atomic E-state index is 0.251. The Bertz CT molecular complexity index is 873. The molecule has 1 aromatic rings. The summed E-state index contributed by atoms with van der Waals surface area (Å²) in [6.07, 6.45) is 0.0187. The van der Waals surface area contributed by atoms with Crippen molar-refractivity contribution in [2.75, 3.05) is 44.2 Å². The lowest BCUT2D eigenvalue weighted by Crippen LogP contribution is -2.50. The van der Waals surface area contributed by atoms with Crippen LogP contribution in [0.1, 0.15) is 32.8 Å². The number of anilines is 1. The maximum Gasteiger partial charge on any atom is 0.410 e. The normalized spacial score (nSPS) is 17.8. The van der Waals surface area contributed by atoms with E-state index in [0.29, 0.717) is 26.2 Å². The molecule has 30 heavy (non-hydrogen) atoms. The van der Waals surface area contributed by atoms with Crippen molar-refractivity contribution in [2.45, 2.75) is 32.8 Å². The Kier molecular flexibility index (Phi) is 6.63. The maximum absolute atomic E-state index is 12.1. The van der Waals surface area contributed by atoms with E-state index in [9.17, 15) is 14.4 Å². The van der Waals surface area contributed by atoms with Crippen molar-refractivity contribution in [3.63, 3.8) is 0 Å². The van der Waals surface area contributed by atoms with E-state index in [0.717, 1.165) is 24.3 Å². The molecule has 0 unspecified atom stereocenters. The summed E-state index contributed by atoms with van der Waals surface area (Å²) >= 11 is 0. The van der Waals surface area contributed by atoms with Crippen LogP contribution in [0.15, 0.2) is 24.3 Å². The van der Waals surface area contributed by atoms with Gasteiger partial charge in [0.2, 0.25) is 5.91 Å². The molecule has 8 nitrogen and oxygen atoms in total. The minimum atomic E-state index is -0.487. The van der Waals surface area contributed by atoms with Crippen LogP contribution < -0.4 is 10.2 Å². The Morgan fingerprint density at radius 2 is 1.87 bits per heavy atom. The van der Waals surface area contributed by atoms with Gasteiger partial charge in [0.05, 0.1) is 6.54 Å². The van der Waals surface area contributed by atoms with Gasteiger partial charge in [-0.25, -0.2) is 9.59 Å². The number of nitrogens with one attached hydrogen (secondary N) is 1. The van der Waals surface area contributed by atoms with E-state index >= 15 is 0 Å². The number of nitrogens with zero attached hydrogens (tertiary/aromatic N) is 3. The third-order valence-corrected chi connectivity index (χ3v) is 4.77. The van der Waals surface area contributed by atoms with Gasteiger partial charge in [-0.05, 0) is 39.0 Å². The van der Waals surface area contributed by atoms with Crippen LogP contribution in [0.2, 0.25) is 0 Å². The molecule has 2 aliphatic heterocycles. The first kappa shape index (κ1) is 21.7. The van der Waals surface area contributed by atoms with Crippen LogP contribution in [0.25, 0.3) is 0 Å². The molecule has 0 spiro atoms. The van der Waals surface area contributed by atoms with Crippen molar-refractivity contribution in [2.24, 2.45) is 0 Å². The number of hydrogen-bond donors (Lipinski definition) is 1. The molecule has 0 aliphatic carbocycles. The Morgan fingerprint density at radius 1 is 1.13 bits per heavy atom. The second-order valence-electron chi connectivity index (χ2n) is 8.35. The number of carbonyl (C=O) groups is 3. The Hall–Kier alpha value is -3.05. The van der Waals surface area contributed by atoms with Crippen molar-refractivity contribution in [1.29, 1.82) is 0 Å². The topological polar surface area (TPSA) is 82.2 Å². The predicted octanol–water partition coefficient (Wildman–Crippen LogP) is 2.04. The number of hydrogen-bond acceptors (Lipinski definition) is 5. The summed E-state index contributed by atoms with van der Waals surface area (Å²) < 4.78 is 5.42. The van der Waals surface area contributed by atoms with Gasteiger partial charge >= 0.3 is 12.1 Å². The van der Waals surface area contributed by atoms with Gasteiger partial charge in [0, 0.05) is 50.4 Å². The van der Waals surface area contributed by atoms with Gasteiger partial charge in [0.15, 0.2) is 0 Å². The molecule has 1 aromatic carbocycles. The summed E-state index contributed by atoms with van der Waals surface area (Å²) in [5.74, 6) is 6.06. The number of amides is 4. The second kappa shape index (κ2) is 9.18. The minimum Gasteiger partial charge on any atom is -0.444 e. The average molecular weight is 412 g/mol. The van der Waals surface area contributed by atoms with E-state index in [2.05, 4.69) is 22.1 Å². The Balaban J connectivity index is 1.51. The van der Waals surface area contributed by atoms with E-state index in [1.165, 1.54) is 0 Å². The van der Waals surface area contributed by atoms with E-state index in [1.54, 1.807) is 9.80 Å². The van der Waals surface area contributed by atoms with Gasteiger partial charge in [-0.3, -0.25) is 19.9 Å². The molecular weight excluding hydrogens is 384 g/mol. The fourth-order valence-electron chi connectivity index (χ4n) is 3.23. The number of imide groups is 1. The van der Waals surface area contributed by atoms with Crippen LogP contribution in [0, 0.1) is 11.8 Å². The molecule has 0 atom stereocenters. The molecule has 3 rings (SSSR count). The molecule has 0 aromatic heterocycles. The van der Waals surface area contributed by atoms with Gasteiger partial charge in [0.1, 0.15) is 5.60 Å². The molecule has 0 bridgehead atoms. The van der Waals surface area contributed by atoms with Crippen LogP contribution in [0.3, 0.4) is 0 Å². The fourth-order valence-corrected chi connectivity index (χ4v) is 3.23. The molecule has 0 radical (unpaired) electrons. The van der Waals surface area contributed by atoms with Crippen molar-refractivity contribution in [3.05, 3.63) is 29.8 Å². The maximum atomic E-state index is 12.1. The molecule has 8 heteroatoms. The molecule has 160 valence electrons. The monoisotopic (exact) mass is 412 g/mol. The largest absolute Gasteiger partial charge is 0.444 e. The van der Waals surface area contributed by atoms with Gasteiger partial charge in [0.25, 0.3) is 0 Å². The third kappa shape index (κ3) is 5.97. The summed E-state index contributed by atoms with van der Waals surface area (Å²) in [6, 6.07) is 7.02. The summed E-state index contributed by atoms with van der Waals surface area (Å²) in [5, 5.41) is 2.33. The second-order valence-corrected chi connectivity index (χ2v) is 8.35. The molecule has 2 heterocycles. The SMILES string of the molecule is CC(C)(C)OC(=O)N1CCN(CC#Cc2cccc(N3CCC(=O)NC3=O)c2)CC1. The average Bonchev–Trinajstić information content (AvgIpc) is 2.67. The smallest absolute Gasteiger partial charge is 0.410 e. The summed E-state index contributed by atoms with van der Waals surface area (Å²) in [5.41, 5.74) is 1.04. The van der Waals surface area contributed by atoms with E-state index in [4.69, 9.17) is 4.74 Å². The first-order valence-corrected chi connectivity index (χ1v) is 10.1. The Labute approximate surface area is 177 Å². The molecule has 2 saturated heterocycles. The Morgan fingerprint density at radius 3 is 2.53 bits per heavy atom. The number of carbonyl (C=O) groups excluding carboxylic acids is 3. The van der Waals surface area contributed by atoms with Gasteiger partial charge < -0.3 is 9.64 Å². The van der Waals surface area contributed by atoms with Gasteiger partial charge in [-0.15, -0.1) is 0 Å². The molecular formula is C22H28N4O4. The van der Waals surface area contributed by atoms with E-state index < -0.39 is 11.6 Å². The van der Waals surface area contributed by atoms with Crippen LogP contribution in [0.4, 0.5) is 15.3 Å². The first-order chi connectivity index (χ1) is 14.2. The number of benzene rings is 1. The first-order valence-electron chi connectivity index (χ1n) is 10.1. The van der Waals surface area contributed by atoms with Gasteiger partial charge in [-0.2, -0.15) is 0 Å². The zero-order chi connectivity index (χ0) is 21.7. The number of ether oxygens (including phenoxy) is 1. The number of rotatable bonds is 2. The predicted molar refractivity (Wildman–Crippen MR) is 113 cm³/mol. The number of urea groups is 1. The summed E-state index contributed by atoms with van der Waals surface area (Å²) in [7, 11) is 0. The van der Waals surface area contributed by atoms with Crippen molar-refractivity contribution in [1.82, 2.24) is 15.1 Å². The van der Waals surface area contributed by atoms with Crippen LogP contribution in [-0.2, 0) is 9.53 Å². The highest BCUT2D eigenvalue weighted by molar-refractivity contribution is 6.05. The third-order valence-electron chi connectivity index (χ3n) is 4.77. The van der Waals surface area contributed by atoms with Crippen molar-refractivity contribution in [3.8, 4) is 11.8 Å². The zero-order valence-corrected chi connectivity index (χ0v) is 17.7. The molecule has 1 N–H and O–H groups in total. The molecule has 4 amide bonds. The summed E-state index contributed by atoms with van der Waals surface area (Å²) in [6.45, 7) is 9.29. The van der Waals surface area contributed by atoms with Crippen molar-refractivity contribution >= 4 is 23.7 Å². The quantitative estimate of drug-likeness (QED) is 0.752. The highest BCUT2D eigenvalue weighted by Crippen LogP contribution is 2.18. The lowest BCUT2D eigenvalue weighted by atomic mass is 10.1. The van der Waals surface area contributed by atoms with E-state index in [1.807, 2.05) is 45.0 Å².